The number of nitrogens with zero attached hydrogens (tertiary/aromatic N) is 1. The molecule has 0 saturated carbocycles. The Hall–Kier alpha value is -1.03. The smallest absolute Gasteiger partial charge is 0.407 e. The molecule has 1 amide bonds. The lowest BCUT2D eigenvalue weighted by molar-refractivity contribution is 0.0759. The number of alkyl halides is 1. The molecule has 0 radical (unpaired) electrons. The molecule has 4 heteroatoms. The normalized spacial score (nSPS) is 19.2. The van der Waals surface area contributed by atoms with Crippen molar-refractivity contribution < 1.29 is 9.90 Å². The first-order chi connectivity index (χ1) is 8.84. The number of amides is 1. The molecule has 0 spiro atoms. The second-order valence-corrected chi connectivity index (χ2v) is 6.72. The maximum absolute atomic E-state index is 11.5. The summed E-state index contributed by atoms with van der Waals surface area (Å²) in [6, 6.07) is 6.33. The topological polar surface area (TPSA) is 40.5 Å². The van der Waals surface area contributed by atoms with Gasteiger partial charge in [-0.05, 0) is 28.5 Å². The molecule has 0 fully saturated rings. The van der Waals surface area contributed by atoms with E-state index in [1.54, 1.807) is 4.90 Å². The van der Waals surface area contributed by atoms with Crippen molar-refractivity contribution in [1.82, 2.24) is 4.90 Å². The van der Waals surface area contributed by atoms with Gasteiger partial charge < -0.3 is 10.0 Å². The van der Waals surface area contributed by atoms with Crippen LogP contribution in [0.25, 0.3) is 0 Å². The first-order valence-electron chi connectivity index (χ1n) is 6.52. The molecular weight excluding hydrogens is 306 g/mol. The van der Waals surface area contributed by atoms with Crippen LogP contribution in [0.15, 0.2) is 18.2 Å². The molecule has 1 aromatic rings. The van der Waals surface area contributed by atoms with Crippen molar-refractivity contribution in [2.45, 2.75) is 38.6 Å². The monoisotopic (exact) mass is 325 g/mol. The summed E-state index contributed by atoms with van der Waals surface area (Å²) in [5.74, 6) is 0. The summed E-state index contributed by atoms with van der Waals surface area (Å²) in [5, 5.41) is 10.2. The van der Waals surface area contributed by atoms with Crippen molar-refractivity contribution in [2.75, 3.05) is 6.54 Å². The van der Waals surface area contributed by atoms with E-state index in [1.807, 2.05) is 0 Å². The van der Waals surface area contributed by atoms with Crippen molar-refractivity contribution in [3.63, 3.8) is 0 Å². The van der Waals surface area contributed by atoms with Gasteiger partial charge in [0.1, 0.15) is 0 Å². The van der Waals surface area contributed by atoms with Gasteiger partial charge in [0.05, 0.1) is 6.04 Å². The fraction of sp³-hybridized carbons (Fsp3) is 0.533. The maximum atomic E-state index is 11.5. The van der Waals surface area contributed by atoms with E-state index >= 15 is 0 Å². The Bertz CT molecular complexity index is 493. The van der Waals surface area contributed by atoms with Crippen LogP contribution < -0.4 is 0 Å². The number of halogens is 1. The zero-order chi connectivity index (χ0) is 14.2. The zero-order valence-corrected chi connectivity index (χ0v) is 13.2. The Kier molecular flexibility index (Phi) is 3.90. The third-order valence-corrected chi connectivity index (χ3v) is 4.31. The molecule has 1 unspecified atom stereocenters. The number of hydrogen-bond donors (Lipinski definition) is 1. The van der Waals surface area contributed by atoms with Crippen molar-refractivity contribution in [3.8, 4) is 0 Å². The molecule has 0 aliphatic carbocycles. The highest BCUT2D eigenvalue weighted by Gasteiger charge is 2.38. The van der Waals surface area contributed by atoms with E-state index in [4.69, 9.17) is 0 Å². The fourth-order valence-corrected chi connectivity index (χ4v) is 3.24. The minimum atomic E-state index is -0.824. The van der Waals surface area contributed by atoms with Gasteiger partial charge in [0.25, 0.3) is 0 Å². The Morgan fingerprint density at radius 1 is 1.47 bits per heavy atom. The summed E-state index contributed by atoms with van der Waals surface area (Å²) in [6.45, 7) is 6.88. The second-order valence-electron chi connectivity index (χ2n) is 6.16. The molecule has 19 heavy (non-hydrogen) atoms. The highest BCUT2D eigenvalue weighted by molar-refractivity contribution is 9.08. The molecule has 1 heterocycles. The molecule has 1 aliphatic rings. The molecule has 1 aromatic carbocycles. The molecule has 0 saturated heterocycles. The van der Waals surface area contributed by atoms with Gasteiger partial charge >= 0.3 is 6.09 Å². The Labute approximate surface area is 122 Å². The van der Waals surface area contributed by atoms with Gasteiger partial charge in [0.2, 0.25) is 0 Å². The van der Waals surface area contributed by atoms with Crippen LogP contribution in [0.1, 0.15) is 43.5 Å². The highest BCUT2D eigenvalue weighted by Crippen LogP contribution is 2.42. The van der Waals surface area contributed by atoms with Crippen LogP contribution in [0.3, 0.4) is 0 Å². The molecule has 1 atom stereocenters. The summed E-state index contributed by atoms with van der Waals surface area (Å²) >= 11 is 3.47. The van der Waals surface area contributed by atoms with Crippen LogP contribution in [0.2, 0.25) is 0 Å². The number of rotatable bonds is 1. The van der Waals surface area contributed by atoms with Crippen LogP contribution in [-0.2, 0) is 11.8 Å². The van der Waals surface area contributed by atoms with Crippen molar-refractivity contribution in [1.29, 1.82) is 0 Å². The fourth-order valence-electron chi connectivity index (χ4n) is 2.89. The third-order valence-electron chi connectivity index (χ3n) is 3.66. The van der Waals surface area contributed by atoms with Crippen LogP contribution in [0.5, 0.6) is 0 Å². The van der Waals surface area contributed by atoms with Gasteiger partial charge in [0.15, 0.2) is 0 Å². The zero-order valence-electron chi connectivity index (χ0n) is 11.6. The van der Waals surface area contributed by atoms with E-state index < -0.39 is 6.09 Å². The molecule has 1 N–H and O–H groups in total. The number of fused-ring (bicyclic) bond motifs is 1. The summed E-state index contributed by atoms with van der Waals surface area (Å²) < 4.78 is 0. The van der Waals surface area contributed by atoms with E-state index in [0.29, 0.717) is 6.54 Å². The largest absolute Gasteiger partial charge is 0.465 e. The molecule has 3 nitrogen and oxygen atoms in total. The second kappa shape index (κ2) is 5.16. The van der Waals surface area contributed by atoms with E-state index in [1.165, 1.54) is 11.1 Å². The number of hydrogen-bond acceptors (Lipinski definition) is 1. The Balaban J connectivity index is 2.54. The molecule has 2 rings (SSSR count). The molecule has 0 aromatic heterocycles. The van der Waals surface area contributed by atoms with Crippen LogP contribution in [-0.4, -0.2) is 22.6 Å². The summed E-state index contributed by atoms with van der Waals surface area (Å²) in [4.78, 5) is 13.1. The lowest BCUT2D eigenvalue weighted by Crippen LogP contribution is -2.44. The van der Waals surface area contributed by atoms with Gasteiger partial charge in [-0.25, -0.2) is 4.79 Å². The predicted octanol–water partition coefficient (Wildman–Crippen LogP) is 4.20. The van der Waals surface area contributed by atoms with Crippen LogP contribution in [0, 0.1) is 5.41 Å². The average Bonchev–Trinajstić information content (AvgIpc) is 2.35. The van der Waals surface area contributed by atoms with E-state index in [2.05, 4.69) is 54.9 Å². The molecule has 104 valence electrons. The van der Waals surface area contributed by atoms with Crippen molar-refractivity contribution >= 4 is 22.0 Å². The minimum absolute atomic E-state index is 0.0762. The minimum Gasteiger partial charge on any atom is -0.465 e. The SMILES string of the molecule is CC(C)(C)C1c2cc(CBr)ccc2CCN1C(=O)O. The quantitative estimate of drug-likeness (QED) is 0.786. The summed E-state index contributed by atoms with van der Waals surface area (Å²) in [7, 11) is 0. The van der Waals surface area contributed by atoms with Gasteiger partial charge in [-0.3, -0.25) is 0 Å². The highest BCUT2D eigenvalue weighted by atomic mass is 79.9. The van der Waals surface area contributed by atoms with Gasteiger partial charge in [-0.2, -0.15) is 0 Å². The molecular formula is C15H20BrNO2. The lowest BCUT2D eigenvalue weighted by atomic mass is 9.77. The summed E-state index contributed by atoms with van der Waals surface area (Å²) in [5.41, 5.74) is 3.53. The van der Waals surface area contributed by atoms with E-state index in [0.717, 1.165) is 17.3 Å². The number of carbonyl (C=O) groups is 1. The van der Waals surface area contributed by atoms with Gasteiger partial charge in [-0.1, -0.05) is 54.9 Å². The third kappa shape index (κ3) is 2.78. The number of benzene rings is 1. The van der Waals surface area contributed by atoms with Gasteiger partial charge in [0, 0.05) is 11.9 Å². The van der Waals surface area contributed by atoms with Crippen molar-refractivity contribution in [3.05, 3.63) is 34.9 Å². The van der Waals surface area contributed by atoms with E-state index in [-0.39, 0.29) is 11.5 Å². The lowest BCUT2D eigenvalue weighted by Gasteiger charge is -2.43. The summed E-state index contributed by atoms with van der Waals surface area (Å²) in [6.07, 6.45) is -0.0219. The standard InChI is InChI=1S/C15H20BrNO2/c1-15(2,3)13-12-8-10(9-16)4-5-11(12)6-7-17(13)14(18)19/h4-5,8,13H,6-7,9H2,1-3H3,(H,18,19). The molecule has 1 aliphatic heterocycles. The average molecular weight is 326 g/mol. The Morgan fingerprint density at radius 2 is 2.16 bits per heavy atom. The van der Waals surface area contributed by atoms with Crippen molar-refractivity contribution in [2.24, 2.45) is 5.41 Å². The Morgan fingerprint density at radius 3 is 2.68 bits per heavy atom. The van der Waals surface area contributed by atoms with Gasteiger partial charge in [-0.15, -0.1) is 0 Å². The van der Waals surface area contributed by atoms with Crippen LogP contribution >= 0.6 is 15.9 Å². The van der Waals surface area contributed by atoms with E-state index in [9.17, 15) is 9.90 Å². The number of carboxylic acid groups (broad SMARTS) is 1. The first-order valence-corrected chi connectivity index (χ1v) is 7.64. The predicted molar refractivity (Wildman–Crippen MR) is 79.7 cm³/mol. The first kappa shape index (κ1) is 14.4. The van der Waals surface area contributed by atoms with Crippen LogP contribution in [0.4, 0.5) is 4.79 Å². The molecule has 0 bridgehead atoms. The maximum Gasteiger partial charge on any atom is 0.407 e.